The predicted octanol–water partition coefficient (Wildman–Crippen LogP) is 7.92. The first-order valence-corrected chi connectivity index (χ1v) is 14.2. The van der Waals surface area contributed by atoms with Crippen molar-refractivity contribution in [3.8, 4) is 0 Å². The van der Waals surface area contributed by atoms with Gasteiger partial charge in [-0.25, -0.2) is 0 Å². The first-order chi connectivity index (χ1) is 18.5. The normalized spacial score (nSPS) is 23.9. The van der Waals surface area contributed by atoms with Crippen LogP contribution in [-0.4, -0.2) is 37.1 Å². The molecule has 1 aliphatic heterocycles. The zero-order valence-electron chi connectivity index (χ0n) is 22.8. The largest absolute Gasteiger partial charge is 0.316 e. The van der Waals surface area contributed by atoms with Gasteiger partial charge >= 0.3 is 5.91 Å². The number of alkyl halides is 1. The summed E-state index contributed by atoms with van der Waals surface area (Å²) < 4.78 is 12.6. The van der Waals surface area contributed by atoms with Gasteiger partial charge in [-0.15, -0.1) is 4.91 Å². The second-order valence-electron chi connectivity index (χ2n) is 11.5. The summed E-state index contributed by atoms with van der Waals surface area (Å²) in [4.78, 5) is 25.4. The highest BCUT2D eigenvalue weighted by molar-refractivity contribution is 5.96. The van der Waals surface area contributed by atoms with Crippen LogP contribution in [0.15, 0.2) is 75.5 Å². The number of hydrogen-bond donors (Lipinski definition) is 0. The average Bonchev–Trinajstić information content (AvgIpc) is 3.52. The highest BCUT2D eigenvalue weighted by atomic mass is 19.1. The number of hydrogen-bond acceptors (Lipinski definition) is 3. The van der Waals surface area contributed by atoms with Crippen LogP contribution in [0.2, 0.25) is 0 Å². The molecule has 0 saturated carbocycles. The van der Waals surface area contributed by atoms with Crippen LogP contribution in [0.3, 0.4) is 0 Å². The van der Waals surface area contributed by atoms with Crippen LogP contribution in [0.1, 0.15) is 80.3 Å². The lowest BCUT2D eigenvalue weighted by Gasteiger charge is -2.27. The summed E-state index contributed by atoms with van der Waals surface area (Å²) in [5.74, 6) is 0.335. The lowest BCUT2D eigenvalue weighted by atomic mass is 9.77. The Kier molecular flexibility index (Phi) is 8.32. The van der Waals surface area contributed by atoms with E-state index in [1.54, 1.807) is 6.07 Å². The third kappa shape index (κ3) is 5.73. The van der Waals surface area contributed by atoms with E-state index >= 15 is 0 Å². The van der Waals surface area contributed by atoms with E-state index in [9.17, 15) is 14.1 Å². The Morgan fingerprint density at radius 3 is 2.84 bits per heavy atom. The van der Waals surface area contributed by atoms with Gasteiger partial charge in [0.2, 0.25) is 0 Å². The fourth-order valence-corrected chi connectivity index (χ4v) is 6.98. The van der Waals surface area contributed by atoms with Gasteiger partial charge in [-0.05, 0) is 112 Å². The van der Waals surface area contributed by atoms with Crippen molar-refractivity contribution in [3.63, 3.8) is 0 Å². The first kappa shape index (κ1) is 26.7. The second kappa shape index (κ2) is 11.9. The summed E-state index contributed by atoms with van der Waals surface area (Å²) in [6, 6.07) is 5.72. The third-order valence-electron chi connectivity index (χ3n) is 8.81. The molecule has 3 aliphatic carbocycles. The molecule has 1 aromatic carbocycles. The van der Waals surface area contributed by atoms with Crippen molar-refractivity contribution >= 4 is 11.5 Å². The van der Waals surface area contributed by atoms with E-state index in [-0.39, 0.29) is 6.67 Å². The Labute approximate surface area is 226 Å². The van der Waals surface area contributed by atoms with Crippen molar-refractivity contribution in [1.82, 2.24) is 4.90 Å². The molecular weight excluding hydrogens is 475 g/mol. The number of allylic oxidation sites excluding steroid dienone is 10. The zero-order valence-corrected chi connectivity index (χ0v) is 22.8. The summed E-state index contributed by atoms with van der Waals surface area (Å²) >= 11 is 0. The number of benzene rings is 1. The zero-order chi connectivity index (χ0) is 26.6. The quantitative estimate of drug-likeness (QED) is 0.331. The molecule has 0 spiro atoms. The van der Waals surface area contributed by atoms with E-state index in [1.807, 2.05) is 6.07 Å². The minimum atomic E-state index is -0.698. The summed E-state index contributed by atoms with van der Waals surface area (Å²) in [5.41, 5.74) is 11.2. The SMILES string of the molecule is CC1=CCC(C2=C(C3=CC=C(CC4CCN(CCCF)C4)C3)c3ccc(C(=O)N=O)cc3CCC2)C(C)=C1. The summed E-state index contributed by atoms with van der Waals surface area (Å²) in [5, 5.41) is 2.66. The van der Waals surface area contributed by atoms with E-state index in [0.29, 0.717) is 23.8 Å². The van der Waals surface area contributed by atoms with E-state index in [4.69, 9.17) is 0 Å². The maximum Gasteiger partial charge on any atom is 0.316 e. The minimum Gasteiger partial charge on any atom is -0.303 e. The summed E-state index contributed by atoms with van der Waals surface area (Å²) in [6.07, 6.45) is 17.2. The molecule has 4 aliphatic rings. The van der Waals surface area contributed by atoms with Crippen LogP contribution in [0, 0.1) is 16.7 Å². The molecule has 1 heterocycles. The number of likely N-dealkylation sites (tertiary alicyclic amines) is 1. The fraction of sp³-hybridized carbons (Fsp3) is 0.485. The van der Waals surface area contributed by atoms with Crippen molar-refractivity contribution in [2.24, 2.45) is 17.0 Å². The molecule has 1 aromatic rings. The van der Waals surface area contributed by atoms with E-state index in [0.717, 1.165) is 63.7 Å². The molecule has 38 heavy (non-hydrogen) atoms. The second-order valence-corrected chi connectivity index (χ2v) is 11.5. The molecule has 0 aromatic heterocycles. The third-order valence-corrected chi connectivity index (χ3v) is 8.81. The molecule has 200 valence electrons. The number of nitroso groups, excluding NO2 is 1. The average molecular weight is 515 g/mol. The monoisotopic (exact) mass is 514 g/mol. The number of aryl methyl sites for hydroxylation is 1. The minimum absolute atomic E-state index is 0.231. The highest BCUT2D eigenvalue weighted by Crippen LogP contribution is 2.46. The molecule has 0 radical (unpaired) electrons. The molecule has 2 atom stereocenters. The van der Waals surface area contributed by atoms with Gasteiger partial charge < -0.3 is 4.90 Å². The van der Waals surface area contributed by atoms with Gasteiger partial charge in [-0.3, -0.25) is 9.18 Å². The van der Waals surface area contributed by atoms with Gasteiger partial charge in [0.1, 0.15) is 0 Å². The number of halogens is 1. The maximum absolute atomic E-state index is 12.6. The number of amides is 1. The topological polar surface area (TPSA) is 49.7 Å². The van der Waals surface area contributed by atoms with Crippen LogP contribution in [0.5, 0.6) is 0 Å². The van der Waals surface area contributed by atoms with Crippen molar-refractivity contribution < 1.29 is 9.18 Å². The number of rotatable bonds is 8. The Bertz CT molecular complexity index is 1270. The molecule has 4 nitrogen and oxygen atoms in total. The maximum atomic E-state index is 12.6. The van der Waals surface area contributed by atoms with E-state index < -0.39 is 5.91 Å². The summed E-state index contributed by atoms with van der Waals surface area (Å²) in [6.45, 7) is 7.23. The Morgan fingerprint density at radius 1 is 1.18 bits per heavy atom. The van der Waals surface area contributed by atoms with Gasteiger partial charge in [0.15, 0.2) is 0 Å². The van der Waals surface area contributed by atoms with Crippen LogP contribution in [-0.2, 0) is 6.42 Å². The standard InChI is InChI=1S/C33H39FN2O2/c1-22-7-11-29(23(2)17-22)31-6-3-5-26-20-28(33(37)35-38)10-12-30(26)32(31)27-9-8-24(19-27)18-25-13-16-36(21-25)15-4-14-34/h7-10,12,17,20,25,29H,3-6,11,13-16,18-19,21H2,1-2H3. The van der Waals surface area contributed by atoms with Crippen molar-refractivity contribution in [1.29, 1.82) is 0 Å². The molecule has 5 rings (SSSR count). The molecular formula is C33H39FN2O2. The first-order valence-electron chi connectivity index (χ1n) is 14.2. The van der Waals surface area contributed by atoms with E-state index in [2.05, 4.69) is 54.3 Å². The molecule has 1 fully saturated rings. The van der Waals surface area contributed by atoms with Gasteiger partial charge in [0, 0.05) is 29.7 Å². The smallest absolute Gasteiger partial charge is 0.303 e. The highest BCUT2D eigenvalue weighted by Gasteiger charge is 2.30. The van der Waals surface area contributed by atoms with Crippen molar-refractivity contribution in [2.45, 2.75) is 65.2 Å². The lowest BCUT2D eigenvalue weighted by molar-refractivity contribution is 0.100. The van der Waals surface area contributed by atoms with Gasteiger partial charge in [-0.2, -0.15) is 0 Å². The molecule has 5 heteroatoms. The number of nitrogens with zero attached hydrogens (tertiary/aromatic N) is 2. The molecule has 0 bridgehead atoms. The van der Waals surface area contributed by atoms with E-state index in [1.165, 1.54) is 45.4 Å². The van der Waals surface area contributed by atoms with Crippen molar-refractivity contribution in [3.05, 3.63) is 92.0 Å². The van der Waals surface area contributed by atoms with Gasteiger partial charge in [-0.1, -0.05) is 52.7 Å². The molecule has 0 N–H and O–H groups in total. The van der Waals surface area contributed by atoms with Gasteiger partial charge in [0.05, 0.1) is 6.67 Å². The molecule has 2 unspecified atom stereocenters. The van der Waals surface area contributed by atoms with Gasteiger partial charge in [0.25, 0.3) is 0 Å². The molecule has 1 saturated heterocycles. The number of carbonyl (C=O) groups is 1. The number of fused-ring (bicyclic) bond motifs is 1. The Balaban J connectivity index is 1.43. The fourth-order valence-electron chi connectivity index (χ4n) is 6.98. The van der Waals surface area contributed by atoms with Crippen LogP contribution in [0.25, 0.3) is 5.57 Å². The van der Waals surface area contributed by atoms with Crippen LogP contribution >= 0.6 is 0 Å². The Hall–Kier alpha value is -2.92. The van der Waals surface area contributed by atoms with Crippen LogP contribution < -0.4 is 0 Å². The summed E-state index contributed by atoms with van der Waals surface area (Å²) in [7, 11) is 0. The van der Waals surface area contributed by atoms with Crippen LogP contribution in [0.4, 0.5) is 4.39 Å². The predicted molar refractivity (Wildman–Crippen MR) is 153 cm³/mol. The van der Waals surface area contributed by atoms with Crippen molar-refractivity contribution in [2.75, 3.05) is 26.3 Å². The molecule has 1 amide bonds. The number of carbonyl (C=O) groups excluding carboxylic acids is 1. The Morgan fingerprint density at radius 2 is 2.05 bits per heavy atom. The lowest BCUT2D eigenvalue weighted by Crippen LogP contribution is -2.22.